The van der Waals surface area contributed by atoms with E-state index < -0.39 is 0 Å². The predicted octanol–water partition coefficient (Wildman–Crippen LogP) is 1.65. The average Bonchev–Trinajstić information content (AvgIpc) is 2.29. The van der Waals surface area contributed by atoms with Crippen LogP contribution in [0.2, 0.25) is 0 Å². The highest BCUT2D eigenvalue weighted by atomic mass is 16.1. The van der Waals surface area contributed by atoms with Crippen LogP contribution in [0.15, 0.2) is 30.0 Å². The van der Waals surface area contributed by atoms with Gasteiger partial charge in [0.1, 0.15) is 6.29 Å². The van der Waals surface area contributed by atoms with Gasteiger partial charge in [-0.3, -0.25) is 0 Å². The Hall–Kier alpha value is -1.55. The maximum absolute atomic E-state index is 10.9. The number of piperidine rings is 1. The van der Waals surface area contributed by atoms with E-state index in [1.54, 1.807) is 18.2 Å². The van der Waals surface area contributed by atoms with E-state index in [4.69, 9.17) is 6.42 Å². The number of rotatable bonds is 3. The molecule has 2 heteroatoms. The van der Waals surface area contributed by atoms with Crippen molar-refractivity contribution in [1.82, 2.24) is 4.90 Å². The molecule has 84 valence electrons. The van der Waals surface area contributed by atoms with Crippen LogP contribution in [-0.2, 0) is 4.79 Å². The van der Waals surface area contributed by atoms with Crippen LogP contribution in [-0.4, -0.2) is 31.3 Å². The molecule has 2 nitrogen and oxygen atoms in total. The largest absolute Gasteiger partial charge is 0.306 e. The summed E-state index contributed by atoms with van der Waals surface area (Å²) in [5.74, 6) is 2.81. The quantitative estimate of drug-likeness (QED) is 0.309. The molecule has 1 heterocycles. The summed E-state index contributed by atoms with van der Waals surface area (Å²) in [5.41, 5.74) is 3.06. The Kier molecular flexibility index (Phi) is 5.36. The summed E-state index contributed by atoms with van der Waals surface area (Å²) in [7, 11) is 2.07. The Morgan fingerprint density at radius 3 is 2.94 bits per heavy atom. The molecule has 0 spiro atoms. The zero-order chi connectivity index (χ0) is 11.8. The SMILES string of the molecule is C#C/C=C\C=C=CC1CN(C)CCC1C=O. The first kappa shape index (κ1) is 12.5. The van der Waals surface area contributed by atoms with Crippen molar-refractivity contribution in [2.75, 3.05) is 20.1 Å². The number of hydrogen-bond donors (Lipinski definition) is 0. The maximum Gasteiger partial charge on any atom is 0.123 e. The summed E-state index contributed by atoms with van der Waals surface area (Å²) in [6.07, 6.45) is 14.2. The minimum Gasteiger partial charge on any atom is -0.306 e. The first-order valence-electron chi connectivity index (χ1n) is 5.45. The van der Waals surface area contributed by atoms with E-state index >= 15 is 0 Å². The topological polar surface area (TPSA) is 20.3 Å². The highest BCUT2D eigenvalue weighted by molar-refractivity contribution is 5.55. The number of terminal acetylenes is 1. The minimum atomic E-state index is 0.133. The van der Waals surface area contributed by atoms with Crippen LogP contribution < -0.4 is 0 Å². The van der Waals surface area contributed by atoms with Gasteiger partial charge in [-0.15, -0.1) is 12.2 Å². The lowest BCUT2D eigenvalue weighted by atomic mass is 9.87. The predicted molar refractivity (Wildman–Crippen MR) is 65.8 cm³/mol. The van der Waals surface area contributed by atoms with Crippen molar-refractivity contribution in [2.24, 2.45) is 11.8 Å². The molecule has 1 rings (SSSR count). The average molecular weight is 215 g/mol. The summed E-state index contributed by atoms with van der Waals surface area (Å²) in [6.45, 7) is 1.91. The van der Waals surface area contributed by atoms with Gasteiger partial charge in [0.15, 0.2) is 0 Å². The van der Waals surface area contributed by atoms with Crippen LogP contribution in [0, 0.1) is 24.2 Å². The number of carbonyl (C=O) groups is 1. The molecule has 1 fully saturated rings. The highest BCUT2D eigenvalue weighted by Crippen LogP contribution is 2.21. The molecule has 0 aromatic carbocycles. The van der Waals surface area contributed by atoms with E-state index in [0.29, 0.717) is 0 Å². The van der Waals surface area contributed by atoms with E-state index in [2.05, 4.69) is 23.6 Å². The molecular weight excluding hydrogens is 198 g/mol. The lowest BCUT2D eigenvalue weighted by molar-refractivity contribution is -0.113. The molecule has 0 radical (unpaired) electrons. The smallest absolute Gasteiger partial charge is 0.123 e. The molecule has 0 bridgehead atoms. The van der Waals surface area contributed by atoms with Crippen molar-refractivity contribution >= 4 is 6.29 Å². The van der Waals surface area contributed by atoms with Crippen LogP contribution >= 0.6 is 0 Å². The van der Waals surface area contributed by atoms with Gasteiger partial charge in [-0.2, -0.15) is 0 Å². The number of nitrogens with zero attached hydrogens (tertiary/aromatic N) is 1. The molecule has 16 heavy (non-hydrogen) atoms. The molecule has 2 atom stereocenters. The minimum absolute atomic E-state index is 0.133. The summed E-state index contributed by atoms with van der Waals surface area (Å²) >= 11 is 0. The van der Waals surface area contributed by atoms with E-state index in [9.17, 15) is 4.79 Å². The Bertz CT molecular complexity index is 355. The molecule has 1 aliphatic heterocycles. The lowest BCUT2D eigenvalue weighted by Crippen LogP contribution is -2.37. The molecule has 0 aliphatic carbocycles. The second-order valence-corrected chi connectivity index (χ2v) is 4.04. The molecule has 0 N–H and O–H groups in total. The zero-order valence-corrected chi connectivity index (χ0v) is 9.60. The van der Waals surface area contributed by atoms with E-state index in [-0.39, 0.29) is 11.8 Å². The standard InChI is InChI=1S/C14H17NO/c1-3-4-5-6-7-8-13-11-15(2)10-9-14(13)12-16/h1,4-6,8,12-14H,9-11H2,2H3/b5-4-. The van der Waals surface area contributed by atoms with E-state index in [1.165, 1.54) is 0 Å². The third-order valence-electron chi connectivity index (χ3n) is 2.79. The van der Waals surface area contributed by atoms with Gasteiger partial charge in [-0.1, -0.05) is 5.92 Å². The number of likely N-dealkylation sites (tertiary alicyclic amines) is 1. The van der Waals surface area contributed by atoms with E-state index in [1.807, 2.05) is 6.08 Å². The second-order valence-electron chi connectivity index (χ2n) is 4.04. The fourth-order valence-corrected chi connectivity index (χ4v) is 1.85. The van der Waals surface area contributed by atoms with Gasteiger partial charge in [0.05, 0.1) is 0 Å². The number of allylic oxidation sites excluding steroid dienone is 2. The van der Waals surface area contributed by atoms with Crippen LogP contribution in [0.4, 0.5) is 0 Å². The van der Waals surface area contributed by atoms with Gasteiger partial charge in [0.2, 0.25) is 0 Å². The molecule has 0 aromatic rings. The van der Waals surface area contributed by atoms with Crippen LogP contribution in [0.5, 0.6) is 0 Å². The van der Waals surface area contributed by atoms with Gasteiger partial charge in [-0.05, 0) is 44.3 Å². The number of carbonyl (C=O) groups excluding carboxylic acids is 1. The van der Waals surface area contributed by atoms with Gasteiger partial charge in [0, 0.05) is 18.4 Å². The molecule has 1 saturated heterocycles. The molecule has 0 aromatic heterocycles. The fraction of sp³-hybridized carbons (Fsp3) is 0.429. The molecular formula is C14H17NO. The number of aldehydes is 1. The van der Waals surface area contributed by atoms with Crippen molar-refractivity contribution in [3.8, 4) is 12.3 Å². The zero-order valence-electron chi connectivity index (χ0n) is 9.60. The number of hydrogen-bond acceptors (Lipinski definition) is 2. The first-order chi connectivity index (χ1) is 7.77. The van der Waals surface area contributed by atoms with Gasteiger partial charge in [-0.25, -0.2) is 0 Å². The Morgan fingerprint density at radius 2 is 2.25 bits per heavy atom. The summed E-state index contributed by atoms with van der Waals surface area (Å²) < 4.78 is 0. The van der Waals surface area contributed by atoms with Gasteiger partial charge >= 0.3 is 0 Å². The monoisotopic (exact) mass is 215 g/mol. The molecule has 0 amide bonds. The van der Waals surface area contributed by atoms with Gasteiger partial charge < -0.3 is 9.69 Å². The van der Waals surface area contributed by atoms with Crippen LogP contribution in [0.1, 0.15) is 6.42 Å². The summed E-state index contributed by atoms with van der Waals surface area (Å²) in [6, 6.07) is 0. The maximum atomic E-state index is 10.9. The third kappa shape index (κ3) is 3.90. The normalized spacial score (nSPS) is 25.8. The molecule has 1 aliphatic rings. The summed E-state index contributed by atoms with van der Waals surface area (Å²) in [5, 5.41) is 0. The van der Waals surface area contributed by atoms with Crippen molar-refractivity contribution in [3.63, 3.8) is 0 Å². The lowest BCUT2D eigenvalue weighted by Gasteiger charge is -2.31. The second kappa shape index (κ2) is 6.85. The van der Waals surface area contributed by atoms with Crippen LogP contribution in [0.25, 0.3) is 0 Å². The first-order valence-corrected chi connectivity index (χ1v) is 5.45. The molecule has 0 saturated carbocycles. The van der Waals surface area contributed by atoms with Crippen molar-refractivity contribution in [2.45, 2.75) is 6.42 Å². The highest BCUT2D eigenvalue weighted by Gasteiger charge is 2.24. The third-order valence-corrected chi connectivity index (χ3v) is 2.79. The van der Waals surface area contributed by atoms with Gasteiger partial charge in [0.25, 0.3) is 0 Å². The summed E-state index contributed by atoms with van der Waals surface area (Å²) in [4.78, 5) is 13.1. The Balaban J connectivity index is 2.62. The Labute approximate surface area is 97.3 Å². The molecule has 2 unspecified atom stereocenters. The van der Waals surface area contributed by atoms with Crippen molar-refractivity contribution in [1.29, 1.82) is 0 Å². The van der Waals surface area contributed by atoms with Crippen LogP contribution in [0.3, 0.4) is 0 Å². The Morgan fingerprint density at radius 1 is 1.44 bits per heavy atom. The van der Waals surface area contributed by atoms with Crippen molar-refractivity contribution < 1.29 is 4.79 Å². The van der Waals surface area contributed by atoms with Crippen molar-refractivity contribution in [3.05, 3.63) is 30.0 Å². The van der Waals surface area contributed by atoms with E-state index in [0.717, 1.165) is 25.8 Å². The fourth-order valence-electron chi connectivity index (χ4n) is 1.85.